The Balaban J connectivity index is 2.21. The summed E-state index contributed by atoms with van der Waals surface area (Å²) in [6.07, 6.45) is 7.89. The maximum absolute atomic E-state index is 13.4. The third-order valence-corrected chi connectivity index (χ3v) is 3.39. The normalized spacial score (nSPS) is 12.6. The number of alkyl halides is 1. The molecule has 0 aliphatic heterocycles. The first-order chi connectivity index (χ1) is 8.24. The fourth-order valence-electron chi connectivity index (χ4n) is 1.97. The van der Waals surface area contributed by atoms with Crippen LogP contribution in [0, 0.1) is 5.82 Å². The smallest absolute Gasteiger partial charge is 0.126 e. The highest BCUT2D eigenvalue weighted by molar-refractivity contribution is 6.20. The lowest BCUT2D eigenvalue weighted by atomic mass is 10.0. The van der Waals surface area contributed by atoms with E-state index in [2.05, 4.69) is 6.92 Å². The van der Waals surface area contributed by atoms with Crippen molar-refractivity contribution in [1.29, 1.82) is 0 Å². The van der Waals surface area contributed by atoms with E-state index in [0.717, 1.165) is 18.4 Å². The van der Waals surface area contributed by atoms with Gasteiger partial charge in [-0.15, -0.1) is 11.6 Å². The van der Waals surface area contributed by atoms with Crippen LogP contribution in [0.15, 0.2) is 24.3 Å². The van der Waals surface area contributed by atoms with E-state index >= 15 is 0 Å². The minimum absolute atomic E-state index is 0.0635. The van der Waals surface area contributed by atoms with Gasteiger partial charge in [0.25, 0.3) is 0 Å². The van der Waals surface area contributed by atoms with Crippen LogP contribution in [0.4, 0.5) is 4.39 Å². The number of benzene rings is 1. The molecule has 0 saturated carbocycles. The Morgan fingerprint density at radius 1 is 1.12 bits per heavy atom. The average Bonchev–Trinajstić information content (AvgIpc) is 2.32. The van der Waals surface area contributed by atoms with E-state index in [4.69, 9.17) is 11.6 Å². The first-order valence-corrected chi connectivity index (χ1v) is 7.05. The molecule has 0 nitrogen and oxygen atoms in total. The van der Waals surface area contributed by atoms with Crippen LogP contribution < -0.4 is 0 Å². The third-order valence-electron chi connectivity index (χ3n) is 3.02. The summed E-state index contributed by atoms with van der Waals surface area (Å²) in [4.78, 5) is 0. The van der Waals surface area contributed by atoms with Gasteiger partial charge >= 0.3 is 0 Å². The molecule has 0 spiro atoms. The van der Waals surface area contributed by atoms with Gasteiger partial charge in [-0.3, -0.25) is 0 Å². The lowest BCUT2D eigenvalue weighted by Crippen LogP contribution is -2.05. The maximum Gasteiger partial charge on any atom is 0.126 e. The van der Waals surface area contributed by atoms with E-state index in [9.17, 15) is 4.39 Å². The molecule has 0 radical (unpaired) electrons. The molecule has 0 heterocycles. The molecule has 1 aromatic carbocycles. The van der Waals surface area contributed by atoms with Gasteiger partial charge in [-0.05, 0) is 24.5 Å². The summed E-state index contributed by atoms with van der Waals surface area (Å²) in [5.74, 6) is -0.135. The van der Waals surface area contributed by atoms with Crippen LogP contribution in [0.25, 0.3) is 0 Å². The van der Waals surface area contributed by atoms with Crippen LogP contribution >= 0.6 is 11.6 Å². The van der Waals surface area contributed by atoms with Crippen molar-refractivity contribution >= 4 is 11.6 Å². The van der Waals surface area contributed by atoms with Gasteiger partial charge < -0.3 is 0 Å². The van der Waals surface area contributed by atoms with Crippen molar-refractivity contribution in [3.63, 3.8) is 0 Å². The Labute approximate surface area is 109 Å². The Hall–Kier alpha value is -0.560. The molecule has 2 heteroatoms. The van der Waals surface area contributed by atoms with Crippen molar-refractivity contribution in [2.75, 3.05) is 0 Å². The average molecular weight is 257 g/mol. The Bertz CT molecular complexity index is 312. The zero-order valence-electron chi connectivity index (χ0n) is 10.6. The first kappa shape index (κ1) is 14.5. The fourth-order valence-corrected chi connectivity index (χ4v) is 2.29. The summed E-state index contributed by atoms with van der Waals surface area (Å²) in [5.41, 5.74) is 0.737. The van der Waals surface area contributed by atoms with Crippen LogP contribution in [0.5, 0.6) is 0 Å². The Kier molecular flexibility index (Phi) is 7.27. The summed E-state index contributed by atoms with van der Waals surface area (Å²) in [7, 11) is 0. The molecule has 1 aromatic rings. The molecule has 1 unspecified atom stereocenters. The number of rotatable bonds is 8. The molecule has 1 atom stereocenters. The molecule has 0 N–H and O–H groups in total. The topological polar surface area (TPSA) is 0 Å². The van der Waals surface area contributed by atoms with E-state index in [0.29, 0.717) is 6.42 Å². The van der Waals surface area contributed by atoms with Gasteiger partial charge in [0.05, 0.1) is 0 Å². The quantitative estimate of drug-likeness (QED) is 0.435. The lowest BCUT2D eigenvalue weighted by molar-refractivity contribution is 0.576. The van der Waals surface area contributed by atoms with Gasteiger partial charge in [-0.25, -0.2) is 4.39 Å². The highest BCUT2D eigenvalue weighted by Crippen LogP contribution is 2.17. The largest absolute Gasteiger partial charge is 0.207 e. The summed E-state index contributed by atoms with van der Waals surface area (Å²) in [6.45, 7) is 2.21. The molecule has 1 rings (SSSR count). The first-order valence-electron chi connectivity index (χ1n) is 6.61. The van der Waals surface area contributed by atoms with Gasteiger partial charge in [0.15, 0.2) is 0 Å². The zero-order valence-corrected chi connectivity index (χ0v) is 11.3. The zero-order chi connectivity index (χ0) is 12.5. The van der Waals surface area contributed by atoms with Gasteiger partial charge in [-0.1, -0.05) is 57.2 Å². The van der Waals surface area contributed by atoms with Crippen LogP contribution in [0.3, 0.4) is 0 Å². The number of unbranched alkanes of at least 4 members (excludes halogenated alkanes) is 4. The molecule has 0 saturated heterocycles. The highest BCUT2D eigenvalue weighted by Gasteiger charge is 2.08. The number of halogens is 2. The molecule has 0 aliphatic rings. The second-order valence-corrected chi connectivity index (χ2v) is 5.21. The van der Waals surface area contributed by atoms with Gasteiger partial charge in [0.1, 0.15) is 5.82 Å². The van der Waals surface area contributed by atoms with Crippen molar-refractivity contribution < 1.29 is 4.39 Å². The van der Waals surface area contributed by atoms with E-state index in [1.807, 2.05) is 12.1 Å². The van der Waals surface area contributed by atoms with Gasteiger partial charge in [0, 0.05) is 5.38 Å². The van der Waals surface area contributed by atoms with Crippen LogP contribution in [0.1, 0.15) is 51.0 Å². The Morgan fingerprint density at radius 2 is 1.82 bits per heavy atom. The Morgan fingerprint density at radius 3 is 2.53 bits per heavy atom. The standard InChI is InChI=1S/C15H22ClF/c1-2-3-4-5-6-10-14(16)12-13-9-7-8-11-15(13)17/h7-9,11,14H,2-6,10,12H2,1H3. The van der Waals surface area contributed by atoms with Crippen molar-refractivity contribution in [3.8, 4) is 0 Å². The minimum atomic E-state index is -0.135. The molecular formula is C15H22ClF. The minimum Gasteiger partial charge on any atom is -0.207 e. The lowest BCUT2D eigenvalue weighted by Gasteiger charge is -2.10. The number of hydrogen-bond donors (Lipinski definition) is 0. The molecule has 0 bridgehead atoms. The molecule has 0 aromatic heterocycles. The third kappa shape index (κ3) is 6.07. The molecular weight excluding hydrogens is 235 g/mol. The van der Waals surface area contributed by atoms with E-state index < -0.39 is 0 Å². The van der Waals surface area contributed by atoms with Crippen molar-refractivity contribution in [3.05, 3.63) is 35.6 Å². The van der Waals surface area contributed by atoms with Gasteiger partial charge in [0.2, 0.25) is 0 Å². The van der Waals surface area contributed by atoms with Crippen LogP contribution in [0.2, 0.25) is 0 Å². The molecule has 0 aliphatic carbocycles. The predicted molar refractivity (Wildman–Crippen MR) is 73.1 cm³/mol. The van der Waals surface area contributed by atoms with E-state index in [1.165, 1.54) is 31.7 Å². The second kappa shape index (κ2) is 8.52. The van der Waals surface area contributed by atoms with Crippen molar-refractivity contribution in [1.82, 2.24) is 0 Å². The van der Waals surface area contributed by atoms with E-state index in [-0.39, 0.29) is 11.2 Å². The van der Waals surface area contributed by atoms with Crippen LogP contribution in [-0.2, 0) is 6.42 Å². The molecule has 0 amide bonds. The molecule has 0 fully saturated rings. The predicted octanol–water partition coefficient (Wildman–Crippen LogP) is 5.34. The summed E-state index contributed by atoms with van der Waals surface area (Å²) in [6, 6.07) is 6.90. The fraction of sp³-hybridized carbons (Fsp3) is 0.600. The second-order valence-electron chi connectivity index (χ2n) is 4.60. The van der Waals surface area contributed by atoms with Gasteiger partial charge in [-0.2, -0.15) is 0 Å². The monoisotopic (exact) mass is 256 g/mol. The molecule has 96 valence electrons. The summed E-state index contributed by atoms with van der Waals surface area (Å²) >= 11 is 6.23. The highest BCUT2D eigenvalue weighted by atomic mass is 35.5. The molecule has 17 heavy (non-hydrogen) atoms. The SMILES string of the molecule is CCCCCCCC(Cl)Cc1ccccc1F. The maximum atomic E-state index is 13.4. The van der Waals surface area contributed by atoms with Crippen LogP contribution in [-0.4, -0.2) is 5.38 Å². The summed E-state index contributed by atoms with van der Waals surface area (Å²) < 4.78 is 13.4. The number of hydrogen-bond acceptors (Lipinski definition) is 0. The van der Waals surface area contributed by atoms with E-state index in [1.54, 1.807) is 6.07 Å². The summed E-state index contributed by atoms with van der Waals surface area (Å²) in [5, 5.41) is 0.0635. The van der Waals surface area contributed by atoms with Crippen molar-refractivity contribution in [2.45, 2.75) is 57.2 Å². The van der Waals surface area contributed by atoms with Crippen molar-refractivity contribution in [2.24, 2.45) is 0 Å².